The molecule has 4 aliphatic rings. The van der Waals surface area contributed by atoms with Gasteiger partial charge in [-0.3, -0.25) is 0 Å². The third kappa shape index (κ3) is 4.12. The number of hydrogen-bond donors (Lipinski definition) is 0. The lowest BCUT2D eigenvalue weighted by Gasteiger charge is -2.65. The zero-order valence-electron chi connectivity index (χ0n) is 21.9. The van der Waals surface area contributed by atoms with E-state index in [2.05, 4.69) is 60.6 Å². The summed E-state index contributed by atoms with van der Waals surface area (Å²) in [4.78, 5) is 12.1. The van der Waals surface area contributed by atoms with Gasteiger partial charge in [0.05, 0.1) is 11.5 Å². The van der Waals surface area contributed by atoms with E-state index in [4.69, 9.17) is 0 Å². The Morgan fingerprint density at radius 1 is 1.06 bits per heavy atom. The molecule has 0 N–H and O–H groups in total. The molecular weight excluding hydrogens is 414 g/mol. The van der Waals surface area contributed by atoms with E-state index in [9.17, 15) is 10.1 Å². The van der Waals surface area contributed by atoms with Gasteiger partial charge in [0.25, 0.3) is 0 Å². The second-order valence-electron chi connectivity index (χ2n) is 14.1. The van der Waals surface area contributed by atoms with Crippen LogP contribution in [-0.4, -0.2) is 6.29 Å². The first-order valence-corrected chi connectivity index (χ1v) is 13.5. The third-order valence-electron chi connectivity index (χ3n) is 11.3. The zero-order chi connectivity index (χ0) is 23.6. The first-order chi connectivity index (χ1) is 14.9. The summed E-state index contributed by atoms with van der Waals surface area (Å²) < 4.78 is 0. The van der Waals surface area contributed by atoms with Crippen molar-refractivity contribution in [1.29, 1.82) is 5.26 Å². The lowest BCUT2D eigenvalue weighted by Crippen LogP contribution is -2.58. The first-order valence-electron chi connectivity index (χ1n) is 13.5. The minimum atomic E-state index is -0.259. The number of nitrogens with zero attached hydrogens (tertiary/aromatic N) is 1. The van der Waals surface area contributed by atoms with Crippen molar-refractivity contribution in [1.82, 2.24) is 0 Å². The Labute approximate surface area is 212 Å². The number of carbonyl (C=O) groups excluding carboxylic acids is 1. The fraction of sp³-hybridized carbons (Fsp3) is 0.875. The lowest BCUT2D eigenvalue weighted by molar-refractivity contribution is -0.146. The van der Waals surface area contributed by atoms with E-state index >= 15 is 0 Å². The number of allylic oxidation sites excluding steroid dienone is 2. The molecule has 0 aromatic carbocycles. The van der Waals surface area contributed by atoms with E-state index in [0.29, 0.717) is 34.5 Å². The molecule has 7 unspecified atom stereocenters. The minimum Gasteiger partial charge on any atom is -0.303 e. The fourth-order valence-electron chi connectivity index (χ4n) is 9.67. The molecular formula is C32H55NO. The normalized spacial score (nSPS) is 42.8. The third-order valence-corrected chi connectivity index (χ3v) is 11.3. The molecule has 4 aliphatic carbocycles. The highest BCUT2D eigenvalue weighted by Crippen LogP contribution is 2.70. The van der Waals surface area contributed by atoms with E-state index < -0.39 is 0 Å². The van der Waals surface area contributed by atoms with E-state index in [1.165, 1.54) is 51.2 Å². The molecule has 0 radical (unpaired) electrons. The van der Waals surface area contributed by atoms with Crippen LogP contribution in [0.1, 0.15) is 128 Å². The van der Waals surface area contributed by atoms with Crippen LogP contribution < -0.4 is 0 Å². The Kier molecular flexibility index (Phi) is 8.06. The largest absolute Gasteiger partial charge is 0.303 e. The molecule has 2 nitrogen and oxygen atoms in total. The second-order valence-corrected chi connectivity index (χ2v) is 14.1. The van der Waals surface area contributed by atoms with Crippen LogP contribution in [0, 0.1) is 62.1 Å². The van der Waals surface area contributed by atoms with Crippen molar-refractivity contribution in [3.63, 3.8) is 0 Å². The fourth-order valence-corrected chi connectivity index (χ4v) is 9.67. The van der Waals surface area contributed by atoms with Crippen molar-refractivity contribution >= 4 is 6.29 Å². The SMILES string of the molecule is C.C.CCCC1(C)C(C(C)(C)C=O)CCC2(C)C3CCC4(C#N)CCC(C)(C)CC4C3=CCC21. The maximum absolute atomic E-state index is 12.1. The van der Waals surface area contributed by atoms with Crippen LogP contribution in [0.15, 0.2) is 11.6 Å². The van der Waals surface area contributed by atoms with Crippen molar-refractivity contribution < 1.29 is 4.79 Å². The van der Waals surface area contributed by atoms with Gasteiger partial charge in [-0.15, -0.1) is 0 Å². The molecule has 0 bridgehead atoms. The second kappa shape index (κ2) is 9.41. The molecule has 0 aromatic heterocycles. The number of hydrogen-bond acceptors (Lipinski definition) is 2. The van der Waals surface area contributed by atoms with Crippen LogP contribution >= 0.6 is 0 Å². The van der Waals surface area contributed by atoms with Crippen molar-refractivity contribution in [3.8, 4) is 6.07 Å². The zero-order valence-corrected chi connectivity index (χ0v) is 21.9. The maximum atomic E-state index is 12.1. The van der Waals surface area contributed by atoms with Crippen LogP contribution in [0.25, 0.3) is 0 Å². The van der Waals surface area contributed by atoms with E-state index in [1.54, 1.807) is 5.57 Å². The summed E-state index contributed by atoms with van der Waals surface area (Å²) in [7, 11) is 0. The quantitative estimate of drug-likeness (QED) is 0.304. The summed E-state index contributed by atoms with van der Waals surface area (Å²) >= 11 is 0. The lowest BCUT2D eigenvalue weighted by atomic mass is 9.38. The smallest absolute Gasteiger partial charge is 0.125 e. The summed E-state index contributed by atoms with van der Waals surface area (Å²) in [6.45, 7) is 16.6. The molecule has 7 atom stereocenters. The van der Waals surface area contributed by atoms with Crippen molar-refractivity contribution in [3.05, 3.63) is 11.6 Å². The van der Waals surface area contributed by atoms with Gasteiger partial charge >= 0.3 is 0 Å². The molecule has 0 heterocycles. The molecule has 34 heavy (non-hydrogen) atoms. The number of aldehydes is 1. The number of fused-ring (bicyclic) bond motifs is 5. The molecule has 194 valence electrons. The monoisotopic (exact) mass is 469 g/mol. The number of carbonyl (C=O) groups is 1. The summed E-state index contributed by atoms with van der Waals surface area (Å²) in [6.07, 6.45) is 15.5. The summed E-state index contributed by atoms with van der Waals surface area (Å²) in [5, 5.41) is 10.3. The molecule has 4 rings (SSSR count). The predicted molar refractivity (Wildman–Crippen MR) is 145 cm³/mol. The van der Waals surface area contributed by atoms with Crippen LogP contribution in [-0.2, 0) is 4.79 Å². The summed E-state index contributed by atoms with van der Waals surface area (Å²) in [5.74, 6) is 2.16. The summed E-state index contributed by atoms with van der Waals surface area (Å²) in [6, 6.07) is 2.87. The van der Waals surface area contributed by atoms with Gasteiger partial charge in [-0.1, -0.05) is 81.4 Å². The maximum Gasteiger partial charge on any atom is 0.125 e. The van der Waals surface area contributed by atoms with Gasteiger partial charge in [-0.05, 0) is 97.7 Å². The van der Waals surface area contributed by atoms with Crippen molar-refractivity contribution in [2.75, 3.05) is 0 Å². The predicted octanol–water partition coefficient (Wildman–Crippen LogP) is 9.40. The average molecular weight is 470 g/mol. The van der Waals surface area contributed by atoms with Crippen LogP contribution in [0.4, 0.5) is 0 Å². The molecule has 2 heteroatoms. The van der Waals surface area contributed by atoms with Crippen molar-refractivity contribution in [2.24, 2.45) is 50.7 Å². The Balaban J connectivity index is 0.00000204. The molecule has 0 saturated heterocycles. The number of nitriles is 1. The molecule has 0 amide bonds. The van der Waals surface area contributed by atoms with Gasteiger partial charge in [-0.25, -0.2) is 0 Å². The highest BCUT2D eigenvalue weighted by molar-refractivity contribution is 5.59. The number of rotatable bonds is 4. The highest BCUT2D eigenvalue weighted by Gasteiger charge is 2.63. The van der Waals surface area contributed by atoms with Crippen LogP contribution in [0.5, 0.6) is 0 Å². The highest BCUT2D eigenvalue weighted by atomic mass is 16.1. The Morgan fingerprint density at radius 2 is 1.74 bits per heavy atom. The van der Waals surface area contributed by atoms with Gasteiger partial charge in [0.1, 0.15) is 6.29 Å². The Morgan fingerprint density at radius 3 is 2.32 bits per heavy atom. The Hall–Kier alpha value is -1.10. The Bertz CT molecular complexity index is 830. The van der Waals surface area contributed by atoms with Gasteiger partial charge in [-0.2, -0.15) is 5.26 Å². The molecule has 0 aliphatic heterocycles. The van der Waals surface area contributed by atoms with Gasteiger partial charge < -0.3 is 4.79 Å². The standard InChI is InChI=1S/C30H47NO.2CH4/c1-8-13-29(7)24(27(4,5)20-32)12-14-28(6)22-11-15-30(19-31)17-16-26(2,3)18-23(30)21(22)9-10-25(28)29;;/h9,20,22-25H,8,10-18H2,1-7H3;2*1H4. The van der Waals surface area contributed by atoms with Gasteiger partial charge in [0.15, 0.2) is 0 Å². The summed E-state index contributed by atoms with van der Waals surface area (Å²) in [5.41, 5.74) is 2.12. The molecule has 0 aromatic rings. The van der Waals surface area contributed by atoms with Crippen molar-refractivity contribution in [2.45, 2.75) is 128 Å². The molecule has 3 saturated carbocycles. The van der Waals surface area contributed by atoms with E-state index in [1.807, 2.05) is 0 Å². The van der Waals surface area contributed by atoms with E-state index in [0.717, 1.165) is 19.3 Å². The van der Waals surface area contributed by atoms with Gasteiger partial charge in [0.2, 0.25) is 0 Å². The van der Waals surface area contributed by atoms with Gasteiger partial charge in [0, 0.05) is 5.41 Å². The van der Waals surface area contributed by atoms with E-state index in [-0.39, 0.29) is 31.1 Å². The van der Waals surface area contributed by atoms with Crippen LogP contribution in [0.2, 0.25) is 0 Å². The van der Waals surface area contributed by atoms with Crippen LogP contribution in [0.3, 0.4) is 0 Å². The molecule has 3 fully saturated rings. The first kappa shape index (κ1) is 29.1. The topological polar surface area (TPSA) is 40.9 Å². The molecule has 0 spiro atoms. The minimum absolute atomic E-state index is 0. The average Bonchev–Trinajstić information content (AvgIpc) is 2.73.